The van der Waals surface area contributed by atoms with Crippen LogP contribution in [0.3, 0.4) is 0 Å². The highest BCUT2D eigenvalue weighted by atomic mass is 35.5. The molecule has 0 bridgehead atoms. The maximum Gasteiger partial charge on any atom is 0.326 e. The average molecular weight is 382 g/mol. The van der Waals surface area contributed by atoms with E-state index in [1.165, 1.54) is 23.8 Å². The zero-order chi connectivity index (χ0) is 18.0. The number of imidazole rings is 1. The summed E-state index contributed by atoms with van der Waals surface area (Å²) in [6.45, 7) is 0.227. The quantitative estimate of drug-likeness (QED) is 0.682. The standard InChI is InChI=1S/C16H16ClN3O4S/c1-24-14-7-6-11(17)10-15(14)25(22,23)18-8-9-20-13-5-3-2-4-12(13)19-16(20)21/h2-7,10,18H,8-9H2,1H3,(H,19,21). The number of H-pyrrole nitrogens is 1. The molecule has 132 valence electrons. The van der Waals surface area contributed by atoms with E-state index in [4.69, 9.17) is 16.3 Å². The third-order valence-corrected chi connectivity index (χ3v) is 5.44. The second-order valence-electron chi connectivity index (χ2n) is 5.29. The maximum atomic E-state index is 12.5. The molecule has 0 aliphatic rings. The number of para-hydroxylation sites is 2. The summed E-state index contributed by atoms with van der Waals surface area (Å²) >= 11 is 5.88. The molecule has 0 radical (unpaired) electrons. The van der Waals surface area contributed by atoms with E-state index in [1.54, 1.807) is 18.2 Å². The lowest BCUT2D eigenvalue weighted by atomic mass is 10.3. The highest BCUT2D eigenvalue weighted by molar-refractivity contribution is 7.89. The molecule has 0 aliphatic heterocycles. The van der Waals surface area contributed by atoms with Crippen LogP contribution in [0.2, 0.25) is 5.02 Å². The van der Waals surface area contributed by atoms with Crippen LogP contribution in [0.4, 0.5) is 0 Å². The van der Waals surface area contributed by atoms with Crippen LogP contribution in [0.15, 0.2) is 52.2 Å². The second-order valence-corrected chi connectivity index (χ2v) is 7.46. The van der Waals surface area contributed by atoms with Crippen molar-refractivity contribution in [3.63, 3.8) is 0 Å². The monoisotopic (exact) mass is 381 g/mol. The lowest BCUT2D eigenvalue weighted by molar-refractivity contribution is 0.402. The summed E-state index contributed by atoms with van der Waals surface area (Å²) in [5.41, 5.74) is 1.12. The van der Waals surface area contributed by atoms with Gasteiger partial charge in [0.15, 0.2) is 0 Å². The molecule has 0 unspecified atom stereocenters. The number of hydrogen-bond donors (Lipinski definition) is 2. The number of hydrogen-bond acceptors (Lipinski definition) is 4. The van der Waals surface area contributed by atoms with E-state index in [1.807, 2.05) is 12.1 Å². The zero-order valence-corrected chi connectivity index (χ0v) is 14.9. The number of ether oxygens (including phenoxy) is 1. The van der Waals surface area contributed by atoms with Gasteiger partial charge in [0.1, 0.15) is 10.6 Å². The third kappa shape index (κ3) is 3.55. The Kier molecular flexibility index (Phi) is 4.85. The largest absolute Gasteiger partial charge is 0.495 e. The van der Waals surface area contributed by atoms with E-state index in [-0.39, 0.29) is 34.4 Å². The van der Waals surface area contributed by atoms with Gasteiger partial charge in [-0.25, -0.2) is 17.9 Å². The van der Waals surface area contributed by atoms with Gasteiger partial charge in [0.25, 0.3) is 0 Å². The minimum Gasteiger partial charge on any atom is -0.495 e. The molecule has 3 rings (SSSR count). The van der Waals surface area contributed by atoms with Gasteiger partial charge in [-0.2, -0.15) is 0 Å². The van der Waals surface area contributed by atoms with Gasteiger partial charge in [0, 0.05) is 18.1 Å². The first-order valence-electron chi connectivity index (χ1n) is 7.43. The van der Waals surface area contributed by atoms with Gasteiger partial charge in [0.05, 0.1) is 18.1 Å². The van der Waals surface area contributed by atoms with Gasteiger partial charge < -0.3 is 9.72 Å². The predicted molar refractivity (Wildman–Crippen MR) is 95.8 cm³/mol. The maximum absolute atomic E-state index is 12.5. The van der Waals surface area contributed by atoms with E-state index < -0.39 is 10.0 Å². The molecule has 0 atom stereocenters. The molecule has 9 heteroatoms. The fourth-order valence-electron chi connectivity index (χ4n) is 2.56. The smallest absolute Gasteiger partial charge is 0.326 e. The summed E-state index contributed by atoms with van der Waals surface area (Å²) in [6.07, 6.45) is 0. The Morgan fingerprint density at radius 1 is 1.24 bits per heavy atom. The summed E-state index contributed by atoms with van der Waals surface area (Å²) in [7, 11) is -2.45. The molecule has 7 nitrogen and oxygen atoms in total. The second kappa shape index (κ2) is 6.91. The first-order chi connectivity index (χ1) is 11.9. The minimum absolute atomic E-state index is 0.0414. The van der Waals surface area contributed by atoms with Crippen molar-refractivity contribution in [3.8, 4) is 5.75 Å². The summed E-state index contributed by atoms with van der Waals surface area (Å²) in [5, 5.41) is 0.286. The summed E-state index contributed by atoms with van der Waals surface area (Å²) in [4.78, 5) is 14.7. The van der Waals surface area contributed by atoms with Crippen LogP contribution >= 0.6 is 11.6 Å². The van der Waals surface area contributed by atoms with Crippen molar-refractivity contribution in [3.05, 3.63) is 58.0 Å². The molecule has 0 saturated carbocycles. The van der Waals surface area contributed by atoms with E-state index >= 15 is 0 Å². The van der Waals surface area contributed by atoms with Crippen molar-refractivity contribution in [2.45, 2.75) is 11.4 Å². The Morgan fingerprint density at radius 3 is 2.76 bits per heavy atom. The Bertz CT molecular complexity index is 1070. The molecule has 0 fully saturated rings. The summed E-state index contributed by atoms with van der Waals surface area (Å²) in [6, 6.07) is 11.6. The molecule has 0 aliphatic carbocycles. The molecular weight excluding hydrogens is 366 g/mol. The molecule has 2 aromatic carbocycles. The van der Waals surface area contributed by atoms with Crippen molar-refractivity contribution in [2.24, 2.45) is 0 Å². The van der Waals surface area contributed by atoms with Crippen LogP contribution in [0.25, 0.3) is 11.0 Å². The van der Waals surface area contributed by atoms with Crippen molar-refractivity contribution in [2.75, 3.05) is 13.7 Å². The van der Waals surface area contributed by atoms with E-state index in [9.17, 15) is 13.2 Å². The van der Waals surface area contributed by atoms with Crippen LogP contribution in [-0.2, 0) is 16.6 Å². The topological polar surface area (TPSA) is 93.2 Å². The van der Waals surface area contributed by atoms with E-state index in [0.717, 1.165) is 0 Å². The van der Waals surface area contributed by atoms with Gasteiger partial charge in [-0.3, -0.25) is 4.57 Å². The molecule has 0 saturated heterocycles. The van der Waals surface area contributed by atoms with Gasteiger partial charge >= 0.3 is 5.69 Å². The Morgan fingerprint density at radius 2 is 2.00 bits per heavy atom. The van der Waals surface area contributed by atoms with Crippen LogP contribution in [0.1, 0.15) is 0 Å². The van der Waals surface area contributed by atoms with Crippen LogP contribution in [0.5, 0.6) is 5.75 Å². The molecule has 1 aromatic heterocycles. The highest BCUT2D eigenvalue weighted by Gasteiger charge is 2.20. The first-order valence-corrected chi connectivity index (χ1v) is 9.29. The number of methoxy groups -OCH3 is 1. The zero-order valence-electron chi connectivity index (χ0n) is 13.3. The lowest BCUT2D eigenvalue weighted by Gasteiger charge is -2.11. The molecule has 0 spiro atoms. The number of benzene rings is 2. The van der Waals surface area contributed by atoms with Gasteiger partial charge in [-0.05, 0) is 30.3 Å². The molecule has 2 N–H and O–H groups in total. The molecule has 0 amide bonds. The average Bonchev–Trinajstić information content (AvgIpc) is 2.90. The van der Waals surface area contributed by atoms with Crippen LogP contribution in [0, 0.1) is 0 Å². The summed E-state index contributed by atoms with van der Waals surface area (Å²) in [5.74, 6) is 0.196. The van der Waals surface area contributed by atoms with Crippen molar-refractivity contribution in [1.29, 1.82) is 0 Å². The number of nitrogens with one attached hydrogen (secondary N) is 2. The van der Waals surface area contributed by atoms with Gasteiger partial charge in [0.2, 0.25) is 10.0 Å². The number of sulfonamides is 1. The van der Waals surface area contributed by atoms with Crippen LogP contribution in [-0.4, -0.2) is 31.6 Å². The minimum atomic E-state index is -3.83. The number of halogens is 1. The van der Waals surface area contributed by atoms with Crippen molar-refractivity contribution < 1.29 is 13.2 Å². The third-order valence-electron chi connectivity index (χ3n) is 3.72. The van der Waals surface area contributed by atoms with Gasteiger partial charge in [-0.1, -0.05) is 23.7 Å². The van der Waals surface area contributed by atoms with Gasteiger partial charge in [-0.15, -0.1) is 0 Å². The fraction of sp³-hybridized carbons (Fsp3) is 0.188. The number of nitrogens with zero attached hydrogens (tertiary/aromatic N) is 1. The number of aromatic amines is 1. The van der Waals surface area contributed by atoms with E-state index in [0.29, 0.717) is 11.0 Å². The number of rotatable bonds is 6. The Labute approximate surface area is 149 Å². The highest BCUT2D eigenvalue weighted by Crippen LogP contribution is 2.26. The van der Waals surface area contributed by atoms with Crippen molar-refractivity contribution >= 4 is 32.7 Å². The SMILES string of the molecule is COc1ccc(Cl)cc1S(=O)(=O)NCCn1c(=O)[nH]c2ccccc21. The number of fused-ring (bicyclic) bond motifs is 1. The summed E-state index contributed by atoms with van der Waals surface area (Å²) < 4.78 is 34.0. The Balaban J connectivity index is 1.80. The number of aromatic nitrogens is 2. The predicted octanol–water partition coefficient (Wildman–Crippen LogP) is 1.97. The molecule has 1 heterocycles. The molecule has 3 aromatic rings. The fourth-order valence-corrected chi connectivity index (χ4v) is 4.01. The van der Waals surface area contributed by atoms with Crippen LogP contribution < -0.4 is 15.1 Å². The molecular formula is C16H16ClN3O4S. The first kappa shape index (κ1) is 17.5. The van der Waals surface area contributed by atoms with E-state index in [2.05, 4.69) is 9.71 Å². The molecule has 25 heavy (non-hydrogen) atoms. The van der Waals surface area contributed by atoms with Crippen molar-refractivity contribution in [1.82, 2.24) is 14.3 Å². The Hall–Kier alpha value is -2.29. The normalized spacial score (nSPS) is 11.8. The lowest BCUT2D eigenvalue weighted by Crippen LogP contribution is -2.30.